The monoisotopic (exact) mass is 337 g/mol. The summed E-state index contributed by atoms with van der Waals surface area (Å²) in [5.74, 6) is -0.849. The minimum atomic E-state index is -1.03. The van der Waals surface area contributed by atoms with Gasteiger partial charge in [0.1, 0.15) is 11.6 Å². The first-order valence-corrected chi connectivity index (χ1v) is 6.33. The van der Waals surface area contributed by atoms with Crippen molar-refractivity contribution in [1.82, 2.24) is 4.98 Å². The van der Waals surface area contributed by atoms with Crippen molar-refractivity contribution < 1.29 is 19.0 Å². The molecule has 1 aromatic carbocycles. The molecular formula is C14H9BrFNO3. The second kappa shape index (κ2) is 6.29. The molecule has 0 spiro atoms. The Hall–Kier alpha value is -2.21. The van der Waals surface area contributed by atoms with Crippen LogP contribution in [0.25, 0.3) is 6.08 Å². The number of nitrogens with zero attached hydrogens (tertiary/aromatic N) is 1. The third-order valence-corrected chi connectivity index (χ3v) is 2.69. The first-order valence-electron chi connectivity index (χ1n) is 5.54. The summed E-state index contributed by atoms with van der Waals surface area (Å²) in [4.78, 5) is 14.4. The van der Waals surface area contributed by atoms with Crippen LogP contribution in [0.2, 0.25) is 0 Å². The molecule has 0 unspecified atom stereocenters. The number of hydrogen-bond donors (Lipinski definition) is 1. The minimum Gasteiger partial charge on any atom is -0.478 e. The van der Waals surface area contributed by atoms with Crippen LogP contribution in [-0.2, 0) is 4.79 Å². The summed E-state index contributed by atoms with van der Waals surface area (Å²) in [5, 5.41) is 8.50. The van der Waals surface area contributed by atoms with Gasteiger partial charge >= 0.3 is 5.97 Å². The van der Waals surface area contributed by atoms with E-state index in [-0.39, 0.29) is 5.88 Å². The van der Waals surface area contributed by atoms with Gasteiger partial charge in [-0.2, -0.15) is 0 Å². The molecule has 20 heavy (non-hydrogen) atoms. The van der Waals surface area contributed by atoms with Gasteiger partial charge in [-0.3, -0.25) is 0 Å². The van der Waals surface area contributed by atoms with Crippen molar-refractivity contribution >= 4 is 28.0 Å². The van der Waals surface area contributed by atoms with Crippen LogP contribution in [-0.4, -0.2) is 16.1 Å². The van der Waals surface area contributed by atoms with Gasteiger partial charge in [0.15, 0.2) is 0 Å². The Morgan fingerprint density at radius 1 is 1.35 bits per heavy atom. The molecule has 0 fully saturated rings. The summed E-state index contributed by atoms with van der Waals surface area (Å²) in [6.07, 6.45) is 3.89. The SMILES string of the molecule is O=C(O)/C=C/c1ccc(Oc2cc(F)cc(Br)c2)nc1. The number of pyridine rings is 1. The van der Waals surface area contributed by atoms with Gasteiger partial charge in [0.2, 0.25) is 5.88 Å². The Balaban J connectivity index is 2.12. The zero-order valence-corrected chi connectivity index (χ0v) is 11.7. The third kappa shape index (κ3) is 4.17. The topological polar surface area (TPSA) is 59.4 Å². The van der Waals surface area contributed by atoms with Gasteiger partial charge in [0, 0.05) is 28.9 Å². The molecule has 2 aromatic rings. The van der Waals surface area contributed by atoms with Crippen molar-refractivity contribution in [2.75, 3.05) is 0 Å². The number of carboxylic acid groups (broad SMARTS) is 1. The normalized spacial score (nSPS) is 10.7. The summed E-state index contributed by atoms with van der Waals surface area (Å²) in [6, 6.07) is 7.39. The van der Waals surface area contributed by atoms with Crippen LogP contribution < -0.4 is 4.74 Å². The van der Waals surface area contributed by atoms with Crippen molar-refractivity contribution in [2.45, 2.75) is 0 Å². The summed E-state index contributed by atoms with van der Waals surface area (Å²) in [7, 11) is 0. The average Bonchev–Trinajstić information content (AvgIpc) is 2.36. The summed E-state index contributed by atoms with van der Waals surface area (Å²) >= 11 is 3.17. The average molecular weight is 338 g/mol. The Morgan fingerprint density at radius 2 is 2.15 bits per heavy atom. The number of carbonyl (C=O) groups is 1. The predicted molar refractivity (Wildman–Crippen MR) is 75.1 cm³/mol. The van der Waals surface area contributed by atoms with Crippen molar-refractivity contribution in [2.24, 2.45) is 0 Å². The van der Waals surface area contributed by atoms with Crippen molar-refractivity contribution in [3.05, 3.63) is 58.5 Å². The van der Waals surface area contributed by atoms with E-state index in [1.54, 1.807) is 18.2 Å². The molecule has 1 heterocycles. The van der Waals surface area contributed by atoms with Crippen LogP contribution in [0.3, 0.4) is 0 Å². The highest BCUT2D eigenvalue weighted by Crippen LogP contribution is 2.24. The molecule has 6 heteroatoms. The Bertz CT molecular complexity index is 636. The van der Waals surface area contributed by atoms with E-state index in [9.17, 15) is 9.18 Å². The molecule has 1 N–H and O–H groups in total. The van der Waals surface area contributed by atoms with Crippen LogP contribution in [0.4, 0.5) is 4.39 Å². The van der Waals surface area contributed by atoms with Gasteiger partial charge in [0.25, 0.3) is 0 Å². The van der Waals surface area contributed by atoms with Gasteiger partial charge in [-0.1, -0.05) is 15.9 Å². The van der Waals surface area contributed by atoms with E-state index < -0.39 is 11.8 Å². The maximum atomic E-state index is 13.2. The molecule has 4 nitrogen and oxygen atoms in total. The van der Waals surface area contributed by atoms with Gasteiger partial charge in [-0.15, -0.1) is 0 Å². The second-order valence-corrected chi connectivity index (χ2v) is 4.72. The van der Waals surface area contributed by atoms with Crippen molar-refractivity contribution in [3.8, 4) is 11.6 Å². The van der Waals surface area contributed by atoms with Crippen LogP contribution in [0, 0.1) is 5.82 Å². The maximum Gasteiger partial charge on any atom is 0.328 e. The standard InChI is InChI=1S/C14H9BrFNO3/c15-10-5-11(16)7-12(6-10)20-13-3-1-9(8-17-13)2-4-14(18)19/h1-8H,(H,18,19)/b4-2+. The summed E-state index contributed by atoms with van der Waals surface area (Å²) in [6.45, 7) is 0. The molecular weight excluding hydrogens is 329 g/mol. The van der Waals surface area contributed by atoms with E-state index in [2.05, 4.69) is 20.9 Å². The van der Waals surface area contributed by atoms with Gasteiger partial charge in [-0.05, 0) is 29.8 Å². The second-order valence-electron chi connectivity index (χ2n) is 3.81. The summed E-state index contributed by atoms with van der Waals surface area (Å²) < 4.78 is 19.1. The van der Waals surface area contributed by atoms with E-state index in [0.717, 1.165) is 6.08 Å². The van der Waals surface area contributed by atoms with E-state index in [4.69, 9.17) is 9.84 Å². The molecule has 0 atom stereocenters. The smallest absolute Gasteiger partial charge is 0.328 e. The fourth-order valence-corrected chi connectivity index (χ4v) is 1.87. The zero-order chi connectivity index (χ0) is 14.5. The van der Waals surface area contributed by atoms with E-state index >= 15 is 0 Å². The van der Waals surface area contributed by atoms with Crippen LogP contribution in [0.5, 0.6) is 11.6 Å². The molecule has 0 radical (unpaired) electrons. The highest BCUT2D eigenvalue weighted by molar-refractivity contribution is 9.10. The molecule has 0 saturated carbocycles. The molecule has 0 amide bonds. The Labute approximate surface area is 122 Å². The van der Waals surface area contributed by atoms with Gasteiger partial charge in [-0.25, -0.2) is 14.2 Å². The van der Waals surface area contributed by atoms with Crippen LogP contribution >= 0.6 is 15.9 Å². The number of carboxylic acids is 1. The lowest BCUT2D eigenvalue weighted by Crippen LogP contribution is -1.90. The fraction of sp³-hybridized carbons (Fsp3) is 0. The molecule has 0 saturated heterocycles. The summed E-state index contributed by atoms with van der Waals surface area (Å²) in [5.41, 5.74) is 0.625. The molecule has 0 aliphatic heterocycles. The number of halogens is 2. The Kier molecular flexibility index (Phi) is 4.47. The predicted octanol–water partition coefficient (Wildman–Crippen LogP) is 3.87. The number of benzene rings is 1. The largest absolute Gasteiger partial charge is 0.478 e. The Morgan fingerprint density at radius 3 is 2.75 bits per heavy atom. The number of aliphatic carboxylic acids is 1. The molecule has 0 aliphatic carbocycles. The number of ether oxygens (including phenoxy) is 1. The lowest BCUT2D eigenvalue weighted by molar-refractivity contribution is -0.131. The molecule has 0 bridgehead atoms. The van der Waals surface area contributed by atoms with Gasteiger partial charge in [0.05, 0.1) is 0 Å². The van der Waals surface area contributed by atoms with E-state index in [1.807, 2.05) is 0 Å². The van der Waals surface area contributed by atoms with Crippen molar-refractivity contribution in [1.29, 1.82) is 0 Å². The first-order chi connectivity index (χ1) is 9.52. The van der Waals surface area contributed by atoms with E-state index in [1.165, 1.54) is 24.4 Å². The number of rotatable bonds is 4. The lowest BCUT2D eigenvalue weighted by atomic mass is 10.2. The fourth-order valence-electron chi connectivity index (χ4n) is 1.43. The quantitative estimate of drug-likeness (QED) is 0.860. The maximum absolute atomic E-state index is 13.2. The molecule has 1 aromatic heterocycles. The van der Waals surface area contributed by atoms with E-state index in [0.29, 0.717) is 15.8 Å². The number of aromatic nitrogens is 1. The van der Waals surface area contributed by atoms with Crippen LogP contribution in [0.15, 0.2) is 47.1 Å². The molecule has 2 rings (SSSR count). The zero-order valence-electron chi connectivity index (χ0n) is 10.1. The van der Waals surface area contributed by atoms with Crippen molar-refractivity contribution in [3.63, 3.8) is 0 Å². The third-order valence-electron chi connectivity index (χ3n) is 2.24. The first kappa shape index (κ1) is 14.2. The van der Waals surface area contributed by atoms with Crippen LogP contribution in [0.1, 0.15) is 5.56 Å². The minimum absolute atomic E-state index is 0.287. The highest BCUT2D eigenvalue weighted by Gasteiger charge is 2.02. The lowest BCUT2D eigenvalue weighted by Gasteiger charge is -2.05. The molecule has 0 aliphatic rings. The molecule has 102 valence electrons. The highest BCUT2D eigenvalue weighted by atomic mass is 79.9. The van der Waals surface area contributed by atoms with Gasteiger partial charge < -0.3 is 9.84 Å². The number of hydrogen-bond acceptors (Lipinski definition) is 3.